The molecule has 0 aromatic heterocycles. The molecule has 1 aromatic carbocycles. The number of ether oxygens (including phenoxy) is 1. The second-order valence-electron chi connectivity index (χ2n) is 4.44. The summed E-state index contributed by atoms with van der Waals surface area (Å²) in [4.78, 5) is 13.0. The van der Waals surface area contributed by atoms with Crippen molar-refractivity contribution < 1.29 is 14.6 Å². The minimum absolute atomic E-state index is 0.462. The molecule has 0 amide bonds. The lowest BCUT2D eigenvalue weighted by atomic mass is 9.97. The number of hydrogen-bond donors (Lipinski definition) is 1. The summed E-state index contributed by atoms with van der Waals surface area (Å²) in [5.74, 6) is 0.105. The van der Waals surface area contributed by atoms with Gasteiger partial charge in [-0.15, -0.1) is 0 Å². The van der Waals surface area contributed by atoms with E-state index in [0.29, 0.717) is 6.54 Å². The fourth-order valence-electron chi connectivity index (χ4n) is 2.30. The quantitative estimate of drug-likeness (QED) is 0.930. The minimum Gasteiger partial charge on any atom is -0.496 e. The number of aliphatic carboxylic acids is 1. The Morgan fingerprint density at radius 1 is 1.50 bits per heavy atom. The van der Waals surface area contributed by atoms with Crippen molar-refractivity contribution in [2.45, 2.75) is 25.9 Å². The standard InChI is InChI=1S/C13H16BrNO3/c1-8(13(16)17)15-6-5-9-10(7-15)11(14)3-4-12(9)18-2/h3-4,8H,5-7H2,1-2H3,(H,16,17). The predicted octanol–water partition coefficient (Wildman–Crippen LogP) is 2.29. The molecule has 2 rings (SSSR count). The van der Waals surface area contributed by atoms with E-state index in [2.05, 4.69) is 15.9 Å². The average molecular weight is 314 g/mol. The first kappa shape index (κ1) is 13.4. The highest BCUT2D eigenvalue weighted by Gasteiger charge is 2.27. The van der Waals surface area contributed by atoms with E-state index in [1.165, 1.54) is 5.56 Å². The normalized spacial score (nSPS) is 17.1. The largest absolute Gasteiger partial charge is 0.496 e. The summed E-state index contributed by atoms with van der Waals surface area (Å²) in [7, 11) is 1.66. The van der Waals surface area contributed by atoms with Gasteiger partial charge in [0.05, 0.1) is 7.11 Å². The van der Waals surface area contributed by atoms with Crippen molar-refractivity contribution in [2.75, 3.05) is 13.7 Å². The number of rotatable bonds is 3. The molecule has 1 aliphatic heterocycles. The highest BCUT2D eigenvalue weighted by Crippen LogP contribution is 2.33. The molecule has 1 N–H and O–H groups in total. The smallest absolute Gasteiger partial charge is 0.320 e. The summed E-state index contributed by atoms with van der Waals surface area (Å²) in [6.45, 7) is 3.11. The topological polar surface area (TPSA) is 49.8 Å². The van der Waals surface area contributed by atoms with Gasteiger partial charge in [0, 0.05) is 23.1 Å². The van der Waals surface area contributed by atoms with E-state index in [0.717, 1.165) is 28.8 Å². The van der Waals surface area contributed by atoms with E-state index in [1.807, 2.05) is 17.0 Å². The van der Waals surface area contributed by atoms with Gasteiger partial charge in [-0.25, -0.2) is 0 Å². The molecule has 98 valence electrons. The Bertz CT molecular complexity index is 476. The minimum atomic E-state index is -0.780. The maximum absolute atomic E-state index is 11.0. The molecule has 1 aromatic rings. The van der Waals surface area contributed by atoms with Crippen LogP contribution in [0.4, 0.5) is 0 Å². The summed E-state index contributed by atoms with van der Waals surface area (Å²) < 4.78 is 6.37. The van der Waals surface area contributed by atoms with Gasteiger partial charge in [-0.1, -0.05) is 15.9 Å². The summed E-state index contributed by atoms with van der Waals surface area (Å²) in [6.07, 6.45) is 0.815. The van der Waals surface area contributed by atoms with Crippen molar-refractivity contribution in [1.29, 1.82) is 0 Å². The Hall–Kier alpha value is -1.07. The second kappa shape index (κ2) is 5.28. The molecule has 0 radical (unpaired) electrons. The van der Waals surface area contributed by atoms with Crippen molar-refractivity contribution in [3.63, 3.8) is 0 Å². The first-order valence-electron chi connectivity index (χ1n) is 5.85. The van der Waals surface area contributed by atoms with Crippen LogP contribution in [0.1, 0.15) is 18.1 Å². The zero-order valence-electron chi connectivity index (χ0n) is 10.4. The molecule has 0 fully saturated rings. The van der Waals surface area contributed by atoms with Gasteiger partial charge < -0.3 is 9.84 Å². The Kier molecular flexibility index (Phi) is 3.92. The van der Waals surface area contributed by atoms with Gasteiger partial charge in [0.15, 0.2) is 0 Å². The first-order valence-corrected chi connectivity index (χ1v) is 6.65. The van der Waals surface area contributed by atoms with Crippen LogP contribution in [0.25, 0.3) is 0 Å². The van der Waals surface area contributed by atoms with Crippen molar-refractivity contribution in [3.05, 3.63) is 27.7 Å². The average Bonchev–Trinajstić information content (AvgIpc) is 2.38. The van der Waals surface area contributed by atoms with Gasteiger partial charge >= 0.3 is 5.97 Å². The molecule has 1 atom stereocenters. The van der Waals surface area contributed by atoms with Gasteiger partial charge in [-0.2, -0.15) is 0 Å². The van der Waals surface area contributed by atoms with Crippen LogP contribution in [0, 0.1) is 0 Å². The molecule has 0 aliphatic carbocycles. The second-order valence-corrected chi connectivity index (χ2v) is 5.30. The fraction of sp³-hybridized carbons (Fsp3) is 0.462. The lowest BCUT2D eigenvalue weighted by Crippen LogP contribution is -2.42. The Balaban J connectivity index is 2.31. The Morgan fingerprint density at radius 3 is 2.83 bits per heavy atom. The predicted molar refractivity (Wildman–Crippen MR) is 71.9 cm³/mol. The van der Waals surface area contributed by atoms with Crippen molar-refractivity contribution in [1.82, 2.24) is 4.90 Å². The lowest BCUT2D eigenvalue weighted by molar-refractivity contribution is -0.143. The molecule has 1 aliphatic rings. The number of nitrogens with zero attached hydrogens (tertiary/aromatic N) is 1. The summed E-state index contributed by atoms with van der Waals surface area (Å²) in [6, 6.07) is 3.43. The first-order chi connectivity index (χ1) is 8.54. The zero-order chi connectivity index (χ0) is 13.3. The number of carbonyl (C=O) groups is 1. The molecular weight excluding hydrogens is 298 g/mol. The van der Waals surface area contributed by atoms with E-state index >= 15 is 0 Å². The molecule has 1 heterocycles. The monoisotopic (exact) mass is 313 g/mol. The molecule has 0 saturated carbocycles. The number of carboxylic acids is 1. The maximum atomic E-state index is 11.0. The number of halogens is 1. The van der Waals surface area contributed by atoms with Gasteiger partial charge in [0.25, 0.3) is 0 Å². The van der Waals surface area contributed by atoms with E-state index in [1.54, 1.807) is 14.0 Å². The van der Waals surface area contributed by atoms with Gasteiger partial charge in [-0.3, -0.25) is 9.69 Å². The summed E-state index contributed by atoms with van der Waals surface area (Å²) in [5, 5.41) is 9.07. The van der Waals surface area contributed by atoms with Crippen LogP contribution in [-0.4, -0.2) is 35.7 Å². The molecule has 5 heteroatoms. The van der Waals surface area contributed by atoms with Gasteiger partial charge in [0.1, 0.15) is 11.8 Å². The zero-order valence-corrected chi connectivity index (χ0v) is 12.0. The highest BCUT2D eigenvalue weighted by atomic mass is 79.9. The van der Waals surface area contributed by atoms with Crippen molar-refractivity contribution in [2.24, 2.45) is 0 Å². The number of carboxylic acid groups (broad SMARTS) is 1. The van der Waals surface area contributed by atoms with E-state index in [9.17, 15) is 4.79 Å². The third kappa shape index (κ3) is 2.37. The fourth-order valence-corrected chi connectivity index (χ4v) is 2.80. The van der Waals surface area contributed by atoms with Crippen LogP contribution in [0.15, 0.2) is 16.6 Å². The van der Waals surface area contributed by atoms with Crippen molar-refractivity contribution >= 4 is 21.9 Å². The van der Waals surface area contributed by atoms with Gasteiger partial charge in [-0.05, 0) is 31.0 Å². The van der Waals surface area contributed by atoms with Crippen LogP contribution in [0.2, 0.25) is 0 Å². The number of hydrogen-bond acceptors (Lipinski definition) is 3. The third-order valence-corrected chi connectivity index (χ3v) is 4.21. The van der Waals surface area contributed by atoms with Crippen molar-refractivity contribution in [3.8, 4) is 5.75 Å². The molecule has 0 bridgehead atoms. The highest BCUT2D eigenvalue weighted by molar-refractivity contribution is 9.10. The number of benzene rings is 1. The van der Waals surface area contributed by atoms with E-state index in [4.69, 9.17) is 9.84 Å². The van der Waals surface area contributed by atoms with Crippen LogP contribution < -0.4 is 4.74 Å². The molecule has 1 unspecified atom stereocenters. The maximum Gasteiger partial charge on any atom is 0.320 e. The van der Waals surface area contributed by atoms with Crippen LogP contribution in [0.3, 0.4) is 0 Å². The molecule has 0 spiro atoms. The third-order valence-electron chi connectivity index (χ3n) is 3.47. The van der Waals surface area contributed by atoms with Crippen LogP contribution >= 0.6 is 15.9 Å². The molecule has 0 saturated heterocycles. The number of fused-ring (bicyclic) bond motifs is 1. The molecule has 18 heavy (non-hydrogen) atoms. The molecule has 4 nitrogen and oxygen atoms in total. The Morgan fingerprint density at radius 2 is 2.22 bits per heavy atom. The van der Waals surface area contributed by atoms with E-state index < -0.39 is 12.0 Å². The Labute approximate surface area is 115 Å². The molecular formula is C13H16BrNO3. The lowest BCUT2D eigenvalue weighted by Gasteiger charge is -2.32. The summed E-state index contributed by atoms with van der Waals surface area (Å²) in [5.41, 5.74) is 2.31. The SMILES string of the molecule is COc1ccc(Br)c2c1CCN(C(C)C(=O)O)C2. The van der Waals surface area contributed by atoms with Crippen LogP contribution in [-0.2, 0) is 17.8 Å². The summed E-state index contributed by atoms with van der Waals surface area (Å²) >= 11 is 3.53. The number of methoxy groups -OCH3 is 1. The van der Waals surface area contributed by atoms with Crippen LogP contribution in [0.5, 0.6) is 5.75 Å². The van der Waals surface area contributed by atoms with Gasteiger partial charge in [0.2, 0.25) is 0 Å². The van der Waals surface area contributed by atoms with E-state index in [-0.39, 0.29) is 0 Å².